The van der Waals surface area contributed by atoms with Gasteiger partial charge in [-0.05, 0) is 43.2 Å². The summed E-state index contributed by atoms with van der Waals surface area (Å²) in [6.45, 7) is 5.59. The van der Waals surface area contributed by atoms with Crippen LogP contribution in [0.15, 0.2) is 30.5 Å². The highest BCUT2D eigenvalue weighted by molar-refractivity contribution is 5.54. The van der Waals surface area contributed by atoms with Crippen LogP contribution in [0, 0.1) is 13.8 Å². The fourth-order valence-electron chi connectivity index (χ4n) is 2.81. The number of rotatable bonds is 4. The topological polar surface area (TPSA) is 34.6 Å². The van der Waals surface area contributed by atoms with Crippen LogP contribution >= 0.6 is 0 Å². The Balaban J connectivity index is 1.80. The summed E-state index contributed by atoms with van der Waals surface area (Å²) in [5.74, 6) is 0.612. The summed E-state index contributed by atoms with van der Waals surface area (Å²) in [6, 6.07) is 6.66. The number of morpholine rings is 1. The van der Waals surface area contributed by atoms with Gasteiger partial charge in [0.25, 0.3) is 0 Å². The van der Waals surface area contributed by atoms with Gasteiger partial charge >= 0.3 is 6.18 Å². The number of aromatic nitrogens is 1. The number of anilines is 1. The first-order chi connectivity index (χ1) is 12.3. The smallest absolute Gasteiger partial charge is 0.418 e. The molecule has 1 aromatic carbocycles. The number of benzene rings is 1. The predicted molar refractivity (Wildman–Crippen MR) is 92.5 cm³/mol. The standard InChI is InChI=1S/C19H21F3N2O2/c1-13-3-4-16(9-14(13)2)26-12-15-10-17(19(20,21)22)18(11-23-15)24-5-7-25-8-6-24/h3-4,9-11H,5-8,12H2,1-2H3. The summed E-state index contributed by atoms with van der Waals surface area (Å²) in [4.78, 5) is 5.84. The molecular formula is C19H21F3N2O2. The van der Waals surface area contributed by atoms with Crippen molar-refractivity contribution in [2.75, 3.05) is 31.2 Å². The molecule has 0 spiro atoms. The molecule has 0 atom stereocenters. The highest BCUT2D eigenvalue weighted by Crippen LogP contribution is 2.37. The van der Waals surface area contributed by atoms with E-state index in [1.54, 1.807) is 11.0 Å². The molecule has 1 saturated heterocycles. The molecule has 1 fully saturated rings. The lowest BCUT2D eigenvalue weighted by molar-refractivity contribution is -0.137. The number of nitrogens with zero attached hydrogens (tertiary/aromatic N) is 2. The zero-order valence-electron chi connectivity index (χ0n) is 14.8. The van der Waals surface area contributed by atoms with E-state index in [1.807, 2.05) is 26.0 Å². The van der Waals surface area contributed by atoms with E-state index < -0.39 is 11.7 Å². The molecule has 1 aliphatic heterocycles. The molecule has 0 saturated carbocycles. The summed E-state index contributed by atoms with van der Waals surface area (Å²) in [7, 11) is 0. The number of aryl methyl sites for hydroxylation is 2. The van der Waals surface area contributed by atoms with E-state index >= 15 is 0 Å². The average Bonchev–Trinajstić information content (AvgIpc) is 2.62. The number of pyridine rings is 1. The number of hydrogen-bond acceptors (Lipinski definition) is 4. The average molecular weight is 366 g/mol. The van der Waals surface area contributed by atoms with Crippen molar-refractivity contribution in [2.45, 2.75) is 26.6 Å². The van der Waals surface area contributed by atoms with Crippen molar-refractivity contribution in [2.24, 2.45) is 0 Å². The Hall–Kier alpha value is -2.28. The molecule has 0 radical (unpaired) electrons. The second-order valence-electron chi connectivity index (χ2n) is 6.32. The van der Waals surface area contributed by atoms with Gasteiger partial charge in [-0.2, -0.15) is 13.2 Å². The molecule has 2 heterocycles. The molecule has 1 aliphatic rings. The van der Waals surface area contributed by atoms with Gasteiger partial charge < -0.3 is 14.4 Å². The Morgan fingerprint density at radius 1 is 1.12 bits per heavy atom. The number of hydrogen-bond donors (Lipinski definition) is 0. The Morgan fingerprint density at radius 2 is 1.85 bits per heavy atom. The largest absolute Gasteiger partial charge is 0.487 e. The molecule has 3 rings (SSSR count). The molecule has 140 valence electrons. The number of halogens is 3. The minimum Gasteiger partial charge on any atom is -0.487 e. The van der Waals surface area contributed by atoms with E-state index in [4.69, 9.17) is 9.47 Å². The monoisotopic (exact) mass is 366 g/mol. The van der Waals surface area contributed by atoms with Crippen LogP contribution in [0.1, 0.15) is 22.4 Å². The van der Waals surface area contributed by atoms with Crippen LogP contribution < -0.4 is 9.64 Å². The van der Waals surface area contributed by atoms with Gasteiger partial charge in [0, 0.05) is 13.1 Å². The second kappa shape index (κ2) is 7.53. The molecular weight excluding hydrogens is 345 g/mol. The van der Waals surface area contributed by atoms with Gasteiger partial charge in [0.05, 0.1) is 36.4 Å². The van der Waals surface area contributed by atoms with Crippen LogP contribution in [-0.4, -0.2) is 31.3 Å². The highest BCUT2D eigenvalue weighted by Gasteiger charge is 2.36. The first-order valence-electron chi connectivity index (χ1n) is 8.43. The second-order valence-corrected chi connectivity index (χ2v) is 6.32. The highest BCUT2D eigenvalue weighted by atomic mass is 19.4. The zero-order valence-corrected chi connectivity index (χ0v) is 14.8. The van der Waals surface area contributed by atoms with Crippen LogP contribution in [0.2, 0.25) is 0 Å². The van der Waals surface area contributed by atoms with Crippen molar-refractivity contribution < 1.29 is 22.6 Å². The molecule has 0 aliphatic carbocycles. The molecule has 0 unspecified atom stereocenters. The minimum atomic E-state index is -4.45. The first kappa shape index (κ1) is 18.5. The van der Waals surface area contributed by atoms with Crippen molar-refractivity contribution in [1.82, 2.24) is 4.98 Å². The van der Waals surface area contributed by atoms with Gasteiger partial charge in [0.15, 0.2) is 0 Å². The lowest BCUT2D eigenvalue weighted by Crippen LogP contribution is -2.37. The summed E-state index contributed by atoms with van der Waals surface area (Å²) < 4.78 is 51.4. The van der Waals surface area contributed by atoms with Crippen LogP contribution in [0.3, 0.4) is 0 Å². The quantitative estimate of drug-likeness (QED) is 0.815. The van der Waals surface area contributed by atoms with Crippen LogP contribution in [-0.2, 0) is 17.5 Å². The summed E-state index contributed by atoms with van der Waals surface area (Å²) >= 11 is 0. The Bertz CT molecular complexity index is 772. The fraction of sp³-hybridized carbons (Fsp3) is 0.421. The normalized spacial score (nSPS) is 15.2. The minimum absolute atomic E-state index is 0.0189. The maximum atomic E-state index is 13.5. The number of ether oxygens (including phenoxy) is 2. The van der Waals surface area contributed by atoms with E-state index in [1.165, 1.54) is 6.20 Å². The summed E-state index contributed by atoms with van der Waals surface area (Å²) in [6.07, 6.45) is -3.17. The van der Waals surface area contributed by atoms with E-state index in [0.29, 0.717) is 32.1 Å². The lowest BCUT2D eigenvalue weighted by Gasteiger charge is -2.30. The van der Waals surface area contributed by atoms with Gasteiger partial charge in [-0.15, -0.1) is 0 Å². The van der Waals surface area contributed by atoms with Crippen LogP contribution in [0.4, 0.5) is 18.9 Å². The Labute approximate surface area is 150 Å². The van der Waals surface area contributed by atoms with Gasteiger partial charge in [-0.1, -0.05) is 6.07 Å². The van der Waals surface area contributed by atoms with Gasteiger partial charge in [0.1, 0.15) is 12.4 Å². The molecule has 4 nitrogen and oxygen atoms in total. The van der Waals surface area contributed by atoms with E-state index in [9.17, 15) is 13.2 Å². The van der Waals surface area contributed by atoms with E-state index in [-0.39, 0.29) is 18.0 Å². The molecule has 26 heavy (non-hydrogen) atoms. The molecule has 2 aromatic rings. The zero-order chi connectivity index (χ0) is 18.7. The maximum Gasteiger partial charge on any atom is 0.418 e. The molecule has 0 N–H and O–H groups in total. The SMILES string of the molecule is Cc1ccc(OCc2cc(C(F)(F)F)c(N3CCOCC3)cn2)cc1C. The van der Waals surface area contributed by atoms with Crippen molar-refractivity contribution in [3.05, 3.63) is 52.8 Å². The van der Waals surface area contributed by atoms with Crippen molar-refractivity contribution in [3.63, 3.8) is 0 Å². The molecule has 7 heteroatoms. The number of alkyl halides is 3. The summed E-state index contributed by atoms with van der Waals surface area (Å²) in [5.41, 5.74) is 1.84. The Kier molecular flexibility index (Phi) is 5.36. The predicted octanol–water partition coefficient (Wildman–Crippen LogP) is 4.13. The van der Waals surface area contributed by atoms with Crippen molar-refractivity contribution in [3.8, 4) is 5.75 Å². The van der Waals surface area contributed by atoms with Crippen molar-refractivity contribution >= 4 is 5.69 Å². The first-order valence-corrected chi connectivity index (χ1v) is 8.43. The van der Waals surface area contributed by atoms with Gasteiger partial charge in [0.2, 0.25) is 0 Å². The molecule has 0 amide bonds. The van der Waals surface area contributed by atoms with Gasteiger partial charge in [-0.3, -0.25) is 4.98 Å². The van der Waals surface area contributed by atoms with Crippen molar-refractivity contribution in [1.29, 1.82) is 0 Å². The molecule has 1 aromatic heterocycles. The van der Waals surface area contributed by atoms with Crippen LogP contribution in [0.5, 0.6) is 5.75 Å². The third-order valence-electron chi connectivity index (χ3n) is 4.46. The van der Waals surface area contributed by atoms with Gasteiger partial charge in [-0.25, -0.2) is 0 Å². The Morgan fingerprint density at radius 3 is 2.50 bits per heavy atom. The van der Waals surface area contributed by atoms with E-state index in [0.717, 1.165) is 17.2 Å². The third kappa shape index (κ3) is 4.27. The third-order valence-corrected chi connectivity index (χ3v) is 4.46. The summed E-state index contributed by atoms with van der Waals surface area (Å²) in [5, 5.41) is 0. The van der Waals surface area contributed by atoms with Crippen LogP contribution in [0.25, 0.3) is 0 Å². The van der Waals surface area contributed by atoms with E-state index in [2.05, 4.69) is 4.98 Å². The maximum absolute atomic E-state index is 13.5. The lowest BCUT2D eigenvalue weighted by atomic mass is 10.1. The fourth-order valence-corrected chi connectivity index (χ4v) is 2.81. The molecule has 0 bridgehead atoms.